The maximum Gasteiger partial charge on any atom is 0.279 e. The molecule has 1 N–H and O–H groups in total. The molecule has 118 valence electrons. The van der Waals surface area contributed by atoms with E-state index >= 15 is 0 Å². The molecule has 21 heavy (non-hydrogen) atoms. The zero-order valence-electron chi connectivity index (χ0n) is 12.9. The van der Waals surface area contributed by atoms with Gasteiger partial charge in [-0.1, -0.05) is 30.3 Å². The van der Waals surface area contributed by atoms with E-state index in [0.29, 0.717) is 18.7 Å². The van der Waals surface area contributed by atoms with E-state index in [4.69, 9.17) is 0 Å². The molecule has 0 aliphatic carbocycles. The molecule has 0 heterocycles. The Kier molecular flexibility index (Phi) is 6.32. The summed E-state index contributed by atoms with van der Waals surface area (Å²) in [6.07, 6.45) is 0. The van der Waals surface area contributed by atoms with Crippen LogP contribution >= 0.6 is 0 Å². The van der Waals surface area contributed by atoms with Gasteiger partial charge in [-0.3, -0.25) is 4.79 Å². The monoisotopic (exact) mass is 313 g/mol. The molecule has 1 aromatic carbocycles. The lowest BCUT2D eigenvalue weighted by molar-refractivity contribution is -0.132. The molecule has 0 radical (unpaired) electrons. The highest BCUT2D eigenvalue weighted by Gasteiger charge is 2.29. The van der Waals surface area contributed by atoms with Gasteiger partial charge in [0.05, 0.1) is 0 Å². The molecule has 1 atom stereocenters. The van der Waals surface area contributed by atoms with E-state index in [1.54, 1.807) is 29.2 Å². The quantitative estimate of drug-likeness (QED) is 0.816. The van der Waals surface area contributed by atoms with Crippen molar-refractivity contribution in [1.29, 1.82) is 0 Å². The smallest absolute Gasteiger partial charge is 0.279 e. The molecule has 0 saturated carbocycles. The molecule has 1 rings (SSSR count). The van der Waals surface area contributed by atoms with Gasteiger partial charge in [-0.25, -0.2) is 0 Å². The summed E-state index contributed by atoms with van der Waals surface area (Å²) in [6.45, 7) is 4.79. The first kappa shape index (κ1) is 17.6. The van der Waals surface area contributed by atoms with E-state index in [1.807, 2.05) is 19.9 Å². The highest BCUT2D eigenvalue weighted by atomic mass is 32.2. The first-order valence-electron chi connectivity index (χ1n) is 6.87. The van der Waals surface area contributed by atoms with Crippen LogP contribution in [0.25, 0.3) is 0 Å². The van der Waals surface area contributed by atoms with Gasteiger partial charge in [0, 0.05) is 27.2 Å². The maximum absolute atomic E-state index is 12.6. The lowest BCUT2D eigenvalue weighted by Crippen LogP contribution is -2.46. The molecule has 0 aliphatic heterocycles. The van der Waals surface area contributed by atoms with Gasteiger partial charge in [0.15, 0.2) is 0 Å². The van der Waals surface area contributed by atoms with E-state index in [9.17, 15) is 13.2 Å². The summed E-state index contributed by atoms with van der Waals surface area (Å²) >= 11 is 0. The minimum absolute atomic E-state index is 0.253. The van der Waals surface area contributed by atoms with Crippen LogP contribution in [0.5, 0.6) is 0 Å². The second kappa shape index (κ2) is 7.53. The molecule has 1 aromatic rings. The van der Waals surface area contributed by atoms with Crippen molar-refractivity contribution in [2.45, 2.75) is 19.9 Å². The lowest BCUT2D eigenvalue weighted by Gasteiger charge is -2.27. The molecule has 0 fully saturated rings. The zero-order valence-corrected chi connectivity index (χ0v) is 13.7. The van der Waals surface area contributed by atoms with Gasteiger partial charge in [-0.2, -0.15) is 17.4 Å². The predicted molar refractivity (Wildman–Crippen MR) is 82.9 cm³/mol. The summed E-state index contributed by atoms with van der Waals surface area (Å²) in [5.74, 6) is -0.253. The van der Waals surface area contributed by atoms with Gasteiger partial charge < -0.3 is 4.90 Å². The van der Waals surface area contributed by atoms with Crippen LogP contribution in [0.1, 0.15) is 25.5 Å². The minimum atomic E-state index is -3.70. The Labute approximate surface area is 126 Å². The molecule has 0 unspecified atom stereocenters. The third-order valence-electron chi connectivity index (χ3n) is 3.20. The molecule has 0 spiro atoms. The predicted octanol–water partition coefficient (Wildman–Crippen LogP) is 0.992. The lowest BCUT2D eigenvalue weighted by atomic mass is 10.1. The van der Waals surface area contributed by atoms with Crippen molar-refractivity contribution in [2.24, 2.45) is 0 Å². The third-order valence-corrected chi connectivity index (χ3v) is 4.70. The molecular formula is C14H23N3O3S. The normalized spacial score (nSPS) is 13.2. The number of nitrogens with one attached hydrogen (secondary N) is 1. The maximum atomic E-state index is 12.6. The molecule has 0 aromatic heterocycles. The van der Waals surface area contributed by atoms with Crippen molar-refractivity contribution >= 4 is 16.1 Å². The van der Waals surface area contributed by atoms with Crippen molar-refractivity contribution < 1.29 is 13.2 Å². The van der Waals surface area contributed by atoms with Crippen molar-refractivity contribution in [3.8, 4) is 0 Å². The van der Waals surface area contributed by atoms with Crippen LogP contribution in [-0.4, -0.2) is 50.7 Å². The van der Waals surface area contributed by atoms with E-state index in [1.165, 1.54) is 14.1 Å². The van der Waals surface area contributed by atoms with E-state index in [-0.39, 0.29) is 5.91 Å². The van der Waals surface area contributed by atoms with Crippen molar-refractivity contribution in [3.05, 3.63) is 35.9 Å². The van der Waals surface area contributed by atoms with Gasteiger partial charge >= 0.3 is 0 Å². The summed E-state index contributed by atoms with van der Waals surface area (Å²) in [5, 5.41) is 0. The Morgan fingerprint density at radius 2 is 1.67 bits per heavy atom. The zero-order chi connectivity index (χ0) is 16.0. The van der Waals surface area contributed by atoms with Gasteiger partial charge in [-0.05, 0) is 19.4 Å². The number of carbonyl (C=O) groups is 1. The fraction of sp³-hybridized carbons (Fsp3) is 0.500. The molecule has 6 nitrogen and oxygen atoms in total. The Morgan fingerprint density at radius 3 is 2.10 bits per heavy atom. The van der Waals surface area contributed by atoms with Crippen LogP contribution in [0.2, 0.25) is 0 Å². The largest absolute Gasteiger partial charge is 0.342 e. The number of nitrogens with zero attached hydrogens (tertiary/aromatic N) is 2. The molecule has 0 bridgehead atoms. The van der Waals surface area contributed by atoms with Gasteiger partial charge in [-0.15, -0.1) is 0 Å². The SMILES string of the molecule is CCN(CC)C(=O)[C@H](NS(=O)(=O)N(C)C)c1ccccc1. The average Bonchev–Trinajstić information content (AvgIpc) is 2.46. The Balaban J connectivity index is 3.16. The highest BCUT2D eigenvalue weighted by Crippen LogP contribution is 2.17. The van der Waals surface area contributed by atoms with Crippen LogP contribution in [0.4, 0.5) is 0 Å². The summed E-state index contributed by atoms with van der Waals surface area (Å²) < 4.78 is 27.6. The molecular weight excluding hydrogens is 290 g/mol. The molecule has 1 amide bonds. The average molecular weight is 313 g/mol. The van der Waals surface area contributed by atoms with Crippen molar-refractivity contribution in [1.82, 2.24) is 13.9 Å². The van der Waals surface area contributed by atoms with E-state index in [2.05, 4.69) is 4.72 Å². The standard InChI is InChI=1S/C14H23N3O3S/c1-5-17(6-2)14(18)13(12-10-8-7-9-11-12)15-21(19,20)16(3)4/h7-11,13,15H,5-6H2,1-4H3/t13-/m1/s1. The fourth-order valence-corrected chi connectivity index (χ4v) is 2.62. The number of benzene rings is 1. The summed E-state index contributed by atoms with van der Waals surface area (Å²) in [7, 11) is -0.859. The van der Waals surface area contributed by atoms with Crippen molar-refractivity contribution in [2.75, 3.05) is 27.2 Å². The van der Waals surface area contributed by atoms with Crippen molar-refractivity contribution in [3.63, 3.8) is 0 Å². The fourth-order valence-electron chi connectivity index (χ4n) is 1.88. The Hall–Kier alpha value is -1.44. The number of rotatable bonds is 7. The summed E-state index contributed by atoms with van der Waals surface area (Å²) in [5.41, 5.74) is 0.625. The first-order valence-corrected chi connectivity index (χ1v) is 8.31. The number of carbonyl (C=O) groups excluding carboxylic acids is 1. The minimum Gasteiger partial charge on any atom is -0.342 e. The summed E-state index contributed by atoms with van der Waals surface area (Å²) in [6, 6.07) is 7.94. The number of hydrogen-bond donors (Lipinski definition) is 1. The van der Waals surface area contributed by atoms with E-state index in [0.717, 1.165) is 4.31 Å². The van der Waals surface area contributed by atoms with E-state index < -0.39 is 16.3 Å². The molecule has 0 saturated heterocycles. The molecule has 7 heteroatoms. The van der Waals surface area contributed by atoms with Crippen LogP contribution < -0.4 is 4.72 Å². The summed E-state index contributed by atoms with van der Waals surface area (Å²) in [4.78, 5) is 14.2. The Morgan fingerprint density at radius 1 is 1.14 bits per heavy atom. The third kappa shape index (κ3) is 4.52. The van der Waals surface area contributed by atoms with Crippen LogP contribution in [0.15, 0.2) is 30.3 Å². The number of likely N-dealkylation sites (N-methyl/N-ethyl adjacent to an activating group) is 1. The van der Waals surface area contributed by atoms with Crippen LogP contribution in [0, 0.1) is 0 Å². The second-order valence-corrected chi connectivity index (χ2v) is 6.68. The van der Waals surface area contributed by atoms with Gasteiger partial charge in [0.25, 0.3) is 10.2 Å². The van der Waals surface area contributed by atoms with Gasteiger partial charge in [0.1, 0.15) is 6.04 Å². The number of hydrogen-bond acceptors (Lipinski definition) is 3. The number of amides is 1. The first-order chi connectivity index (χ1) is 9.83. The second-order valence-electron chi connectivity index (χ2n) is 4.76. The van der Waals surface area contributed by atoms with Crippen LogP contribution in [0.3, 0.4) is 0 Å². The Bertz CT molecular complexity index is 554. The topological polar surface area (TPSA) is 69.7 Å². The van der Waals surface area contributed by atoms with Crippen LogP contribution in [-0.2, 0) is 15.0 Å². The highest BCUT2D eigenvalue weighted by molar-refractivity contribution is 7.87. The molecule has 0 aliphatic rings. The van der Waals surface area contributed by atoms with Gasteiger partial charge in [0.2, 0.25) is 5.91 Å².